The minimum Gasteiger partial charge on any atom is -0.489 e. The predicted molar refractivity (Wildman–Crippen MR) is 66.7 cm³/mol. The molecule has 0 saturated heterocycles. The molecule has 0 heterocycles. The molecule has 1 saturated carbocycles. The third-order valence-corrected chi connectivity index (χ3v) is 3.85. The van der Waals surface area contributed by atoms with Crippen LogP contribution in [0, 0.1) is 19.3 Å². The monoisotopic (exact) mass is 219 g/mol. The van der Waals surface area contributed by atoms with Crippen LogP contribution < -0.4 is 10.5 Å². The van der Waals surface area contributed by atoms with Gasteiger partial charge in [-0.3, -0.25) is 0 Å². The van der Waals surface area contributed by atoms with Gasteiger partial charge < -0.3 is 10.5 Å². The molecule has 2 rings (SSSR count). The number of hydrogen-bond acceptors (Lipinski definition) is 2. The number of benzene rings is 1. The molecule has 2 atom stereocenters. The van der Waals surface area contributed by atoms with E-state index in [4.69, 9.17) is 10.5 Å². The number of ether oxygens (including phenoxy) is 1. The number of aryl methyl sites for hydroxylation is 2. The fraction of sp³-hybridized carbons (Fsp3) is 0.571. The Kier molecular flexibility index (Phi) is 2.70. The van der Waals surface area contributed by atoms with Crippen molar-refractivity contribution in [1.29, 1.82) is 0 Å². The molecule has 1 aliphatic carbocycles. The van der Waals surface area contributed by atoms with Gasteiger partial charge in [-0.15, -0.1) is 0 Å². The summed E-state index contributed by atoms with van der Waals surface area (Å²) in [5.41, 5.74) is 8.55. The topological polar surface area (TPSA) is 35.2 Å². The van der Waals surface area contributed by atoms with Crippen LogP contribution >= 0.6 is 0 Å². The maximum atomic E-state index is 6.04. The Bertz CT molecular complexity index is 398. The summed E-state index contributed by atoms with van der Waals surface area (Å²) in [5.74, 6) is 0.996. The Balaban J connectivity index is 2.11. The largest absolute Gasteiger partial charge is 0.489 e. The summed E-state index contributed by atoms with van der Waals surface area (Å²) in [6, 6.07) is 6.57. The highest BCUT2D eigenvalue weighted by Gasteiger charge is 2.47. The highest BCUT2D eigenvalue weighted by Crippen LogP contribution is 2.42. The normalized spacial score (nSPS) is 27.3. The molecule has 1 fully saturated rings. The van der Waals surface area contributed by atoms with Gasteiger partial charge in [0.05, 0.1) is 0 Å². The van der Waals surface area contributed by atoms with Crippen LogP contribution in [0.15, 0.2) is 18.2 Å². The molecule has 2 N–H and O–H groups in total. The molecule has 2 nitrogen and oxygen atoms in total. The van der Waals surface area contributed by atoms with Crippen molar-refractivity contribution in [2.75, 3.05) is 0 Å². The summed E-state index contributed by atoms with van der Waals surface area (Å²) in [6.45, 7) is 8.54. The van der Waals surface area contributed by atoms with Crippen LogP contribution in [0.1, 0.15) is 31.4 Å². The van der Waals surface area contributed by atoms with Crippen LogP contribution in [0.3, 0.4) is 0 Å². The van der Waals surface area contributed by atoms with E-state index in [0.29, 0.717) is 0 Å². The molecule has 1 aromatic carbocycles. The zero-order chi connectivity index (χ0) is 11.9. The first-order valence-electron chi connectivity index (χ1n) is 5.91. The molecule has 88 valence electrons. The lowest BCUT2D eigenvalue weighted by Gasteiger charge is -2.49. The number of hydrogen-bond donors (Lipinski definition) is 1. The molecule has 0 amide bonds. The van der Waals surface area contributed by atoms with Gasteiger partial charge in [0.15, 0.2) is 0 Å². The SMILES string of the molecule is Cc1ccc(OC2CC(N)C2(C)C)c(C)c1. The first-order valence-corrected chi connectivity index (χ1v) is 5.91. The average Bonchev–Trinajstić information content (AvgIpc) is 2.21. The first-order chi connectivity index (χ1) is 7.41. The maximum Gasteiger partial charge on any atom is 0.122 e. The molecule has 16 heavy (non-hydrogen) atoms. The summed E-state index contributed by atoms with van der Waals surface area (Å²) < 4.78 is 6.04. The Morgan fingerprint density at radius 1 is 1.31 bits per heavy atom. The summed E-state index contributed by atoms with van der Waals surface area (Å²) in [4.78, 5) is 0. The van der Waals surface area contributed by atoms with Gasteiger partial charge >= 0.3 is 0 Å². The minimum atomic E-state index is 0.0946. The zero-order valence-corrected chi connectivity index (χ0v) is 10.6. The van der Waals surface area contributed by atoms with Gasteiger partial charge in [0.25, 0.3) is 0 Å². The van der Waals surface area contributed by atoms with E-state index in [2.05, 4.69) is 45.9 Å². The molecule has 2 unspecified atom stereocenters. The van der Waals surface area contributed by atoms with Crippen LogP contribution in [-0.2, 0) is 0 Å². The standard InChI is InChI=1S/C14H21NO/c1-9-5-6-11(10(2)7-9)16-13-8-12(15)14(13,3)4/h5-7,12-13H,8,15H2,1-4H3. The van der Waals surface area contributed by atoms with Crippen LogP contribution in [0.2, 0.25) is 0 Å². The first kappa shape index (κ1) is 11.5. The number of rotatable bonds is 2. The van der Waals surface area contributed by atoms with Crippen molar-refractivity contribution in [3.8, 4) is 5.75 Å². The maximum absolute atomic E-state index is 6.04. The Morgan fingerprint density at radius 3 is 2.50 bits per heavy atom. The van der Waals surface area contributed by atoms with Crippen LogP contribution in [-0.4, -0.2) is 12.1 Å². The predicted octanol–water partition coefficient (Wildman–Crippen LogP) is 2.81. The Hall–Kier alpha value is -1.02. The molecule has 0 radical (unpaired) electrons. The van der Waals surface area contributed by atoms with Crippen LogP contribution in [0.25, 0.3) is 0 Å². The molecular weight excluding hydrogens is 198 g/mol. The van der Waals surface area contributed by atoms with Gasteiger partial charge in [-0.05, 0) is 25.5 Å². The molecule has 0 aliphatic heterocycles. The van der Waals surface area contributed by atoms with Crippen molar-refractivity contribution < 1.29 is 4.74 Å². The van der Waals surface area contributed by atoms with E-state index in [1.165, 1.54) is 11.1 Å². The summed E-state index contributed by atoms with van der Waals surface area (Å²) in [5, 5.41) is 0. The third kappa shape index (κ3) is 1.82. The third-order valence-electron chi connectivity index (χ3n) is 3.85. The second-order valence-corrected chi connectivity index (χ2v) is 5.54. The van der Waals surface area contributed by atoms with Gasteiger partial charge in [-0.2, -0.15) is 0 Å². The van der Waals surface area contributed by atoms with Gasteiger partial charge in [0.1, 0.15) is 11.9 Å². The number of nitrogens with two attached hydrogens (primary N) is 1. The van der Waals surface area contributed by atoms with E-state index in [0.717, 1.165) is 12.2 Å². The second kappa shape index (κ2) is 3.77. The van der Waals surface area contributed by atoms with Crippen molar-refractivity contribution in [3.63, 3.8) is 0 Å². The van der Waals surface area contributed by atoms with E-state index in [9.17, 15) is 0 Å². The van der Waals surface area contributed by atoms with Crippen molar-refractivity contribution in [2.45, 2.75) is 46.3 Å². The highest BCUT2D eigenvalue weighted by molar-refractivity contribution is 5.36. The summed E-state index contributed by atoms with van der Waals surface area (Å²) >= 11 is 0. The van der Waals surface area contributed by atoms with E-state index in [-0.39, 0.29) is 17.6 Å². The molecule has 1 aromatic rings. The Labute approximate surface area is 97.8 Å². The highest BCUT2D eigenvalue weighted by atomic mass is 16.5. The van der Waals surface area contributed by atoms with Gasteiger partial charge in [-0.25, -0.2) is 0 Å². The van der Waals surface area contributed by atoms with Crippen LogP contribution in [0.4, 0.5) is 0 Å². The summed E-state index contributed by atoms with van der Waals surface area (Å²) in [7, 11) is 0. The Morgan fingerprint density at radius 2 is 2.00 bits per heavy atom. The van der Waals surface area contributed by atoms with Crippen molar-refractivity contribution in [1.82, 2.24) is 0 Å². The average molecular weight is 219 g/mol. The van der Waals surface area contributed by atoms with E-state index >= 15 is 0 Å². The minimum absolute atomic E-state index is 0.0946. The molecule has 0 aromatic heterocycles. The fourth-order valence-corrected chi connectivity index (χ4v) is 2.20. The van der Waals surface area contributed by atoms with Crippen LogP contribution in [0.5, 0.6) is 5.75 Å². The zero-order valence-electron chi connectivity index (χ0n) is 10.6. The van der Waals surface area contributed by atoms with Crippen molar-refractivity contribution in [2.24, 2.45) is 11.1 Å². The van der Waals surface area contributed by atoms with E-state index in [1.807, 2.05) is 0 Å². The van der Waals surface area contributed by atoms with Gasteiger partial charge in [0, 0.05) is 17.9 Å². The lowest BCUT2D eigenvalue weighted by Crippen LogP contribution is -2.60. The molecule has 1 aliphatic rings. The van der Waals surface area contributed by atoms with E-state index in [1.54, 1.807) is 0 Å². The van der Waals surface area contributed by atoms with Crippen molar-refractivity contribution >= 4 is 0 Å². The quantitative estimate of drug-likeness (QED) is 0.830. The molecule has 0 spiro atoms. The van der Waals surface area contributed by atoms with Crippen molar-refractivity contribution in [3.05, 3.63) is 29.3 Å². The van der Waals surface area contributed by atoms with Gasteiger partial charge in [0.2, 0.25) is 0 Å². The fourth-order valence-electron chi connectivity index (χ4n) is 2.20. The molecule has 2 heteroatoms. The lowest BCUT2D eigenvalue weighted by molar-refractivity contribution is -0.0403. The van der Waals surface area contributed by atoms with Gasteiger partial charge in [-0.1, -0.05) is 31.5 Å². The molecule has 0 bridgehead atoms. The second-order valence-electron chi connectivity index (χ2n) is 5.54. The summed E-state index contributed by atoms with van der Waals surface area (Å²) in [6.07, 6.45) is 1.21. The molecular formula is C14H21NO. The smallest absolute Gasteiger partial charge is 0.122 e. The van der Waals surface area contributed by atoms with E-state index < -0.39 is 0 Å². The lowest BCUT2D eigenvalue weighted by atomic mass is 9.65.